The molecule has 0 aliphatic heterocycles. The van der Waals surface area contributed by atoms with Gasteiger partial charge in [0.1, 0.15) is 5.82 Å². The van der Waals surface area contributed by atoms with Gasteiger partial charge in [-0.3, -0.25) is 0 Å². The summed E-state index contributed by atoms with van der Waals surface area (Å²) >= 11 is 0. The summed E-state index contributed by atoms with van der Waals surface area (Å²) in [5.74, 6) is 1.01. The normalized spacial score (nSPS) is 11.2. The highest BCUT2D eigenvalue weighted by Crippen LogP contribution is 1.97. The minimum atomic E-state index is 1.01. The predicted octanol–water partition coefficient (Wildman–Crippen LogP) is 1.04. The van der Waals surface area contributed by atoms with Crippen LogP contribution in [0.15, 0.2) is 18.5 Å². The molecule has 0 spiro atoms. The number of aromatic nitrogens is 2. The first-order chi connectivity index (χ1) is 5.84. The number of hydrogen-bond donors (Lipinski definition) is 1. The van der Waals surface area contributed by atoms with E-state index in [-0.39, 0.29) is 0 Å². The average molecular weight is 165 g/mol. The number of imidazole rings is 1. The van der Waals surface area contributed by atoms with Gasteiger partial charge in [0, 0.05) is 19.4 Å². The lowest BCUT2D eigenvalue weighted by Crippen LogP contribution is -2.05. The van der Waals surface area contributed by atoms with Gasteiger partial charge in [0.2, 0.25) is 0 Å². The van der Waals surface area contributed by atoms with Crippen molar-refractivity contribution in [2.45, 2.75) is 6.42 Å². The highest BCUT2D eigenvalue weighted by molar-refractivity contribution is 5.39. The summed E-state index contributed by atoms with van der Waals surface area (Å²) in [6.45, 7) is 1.01. The van der Waals surface area contributed by atoms with Gasteiger partial charge in [-0.05, 0) is 26.1 Å². The van der Waals surface area contributed by atoms with E-state index in [4.69, 9.17) is 0 Å². The third-order valence-corrected chi connectivity index (χ3v) is 1.69. The van der Waals surface area contributed by atoms with Crippen LogP contribution in [0.5, 0.6) is 0 Å². The standard InChI is InChI=1S/C9H15N3/c1-10-6-4-3-5-9-11-7-8-12(9)2/h3,5,7-8,10H,4,6H2,1-2H3. The van der Waals surface area contributed by atoms with Crippen LogP contribution in [-0.4, -0.2) is 23.1 Å². The van der Waals surface area contributed by atoms with E-state index in [1.807, 2.05) is 30.9 Å². The number of nitrogens with zero attached hydrogens (tertiary/aromatic N) is 2. The fourth-order valence-electron chi connectivity index (χ4n) is 0.954. The van der Waals surface area contributed by atoms with Crippen molar-refractivity contribution >= 4 is 6.08 Å². The van der Waals surface area contributed by atoms with Crippen molar-refractivity contribution in [3.05, 3.63) is 24.3 Å². The fraction of sp³-hybridized carbons (Fsp3) is 0.444. The molecule has 1 aromatic heterocycles. The van der Waals surface area contributed by atoms with E-state index in [2.05, 4.69) is 16.4 Å². The second-order valence-electron chi connectivity index (χ2n) is 2.69. The lowest BCUT2D eigenvalue weighted by molar-refractivity contribution is 0.808. The molecule has 1 aromatic rings. The van der Waals surface area contributed by atoms with Crippen LogP contribution in [0.25, 0.3) is 6.08 Å². The molecule has 0 aliphatic rings. The molecule has 0 unspecified atom stereocenters. The smallest absolute Gasteiger partial charge is 0.131 e. The summed E-state index contributed by atoms with van der Waals surface area (Å²) in [6.07, 6.45) is 8.95. The molecular formula is C9H15N3. The van der Waals surface area contributed by atoms with Gasteiger partial charge < -0.3 is 9.88 Å². The van der Waals surface area contributed by atoms with Crippen molar-refractivity contribution in [2.75, 3.05) is 13.6 Å². The van der Waals surface area contributed by atoms with Crippen LogP contribution in [-0.2, 0) is 7.05 Å². The maximum absolute atomic E-state index is 4.17. The zero-order valence-corrected chi connectivity index (χ0v) is 7.62. The highest BCUT2D eigenvalue weighted by Gasteiger charge is 1.90. The number of hydrogen-bond acceptors (Lipinski definition) is 2. The Morgan fingerprint density at radius 1 is 1.67 bits per heavy atom. The minimum Gasteiger partial charge on any atom is -0.335 e. The Morgan fingerprint density at radius 3 is 3.08 bits per heavy atom. The molecule has 0 fully saturated rings. The van der Waals surface area contributed by atoms with Crippen LogP contribution in [0.4, 0.5) is 0 Å². The Balaban J connectivity index is 2.41. The molecule has 12 heavy (non-hydrogen) atoms. The molecule has 66 valence electrons. The Labute approximate surface area is 73.1 Å². The molecule has 3 heteroatoms. The van der Waals surface area contributed by atoms with Crippen molar-refractivity contribution in [1.29, 1.82) is 0 Å². The van der Waals surface area contributed by atoms with E-state index in [1.165, 1.54) is 0 Å². The van der Waals surface area contributed by atoms with Gasteiger partial charge in [-0.2, -0.15) is 0 Å². The van der Waals surface area contributed by atoms with Crippen molar-refractivity contribution in [3.63, 3.8) is 0 Å². The van der Waals surface area contributed by atoms with Crippen LogP contribution in [0.2, 0.25) is 0 Å². The SMILES string of the molecule is CNCCC=Cc1nccn1C. The van der Waals surface area contributed by atoms with E-state index in [1.54, 1.807) is 6.20 Å². The molecule has 0 radical (unpaired) electrons. The summed E-state index contributed by atoms with van der Waals surface area (Å²) in [7, 11) is 3.94. The maximum Gasteiger partial charge on any atom is 0.131 e. The van der Waals surface area contributed by atoms with Gasteiger partial charge >= 0.3 is 0 Å². The van der Waals surface area contributed by atoms with Gasteiger partial charge in [0.25, 0.3) is 0 Å². The minimum absolute atomic E-state index is 1.01. The molecule has 0 aliphatic carbocycles. The monoisotopic (exact) mass is 165 g/mol. The molecule has 1 rings (SSSR count). The maximum atomic E-state index is 4.17. The third kappa shape index (κ3) is 2.51. The third-order valence-electron chi connectivity index (χ3n) is 1.69. The average Bonchev–Trinajstić information content (AvgIpc) is 2.46. The molecule has 1 N–H and O–H groups in total. The van der Waals surface area contributed by atoms with Gasteiger partial charge in [0.15, 0.2) is 0 Å². The van der Waals surface area contributed by atoms with E-state index >= 15 is 0 Å². The Hall–Kier alpha value is -1.09. The summed E-state index contributed by atoms with van der Waals surface area (Å²) < 4.78 is 2.00. The molecule has 0 bridgehead atoms. The van der Waals surface area contributed by atoms with E-state index in [0.717, 1.165) is 18.8 Å². The van der Waals surface area contributed by atoms with Crippen molar-refractivity contribution in [1.82, 2.24) is 14.9 Å². The first-order valence-corrected chi connectivity index (χ1v) is 4.13. The van der Waals surface area contributed by atoms with E-state index in [0.29, 0.717) is 0 Å². The second kappa shape index (κ2) is 4.72. The largest absolute Gasteiger partial charge is 0.335 e. The molecule has 0 amide bonds. The summed E-state index contributed by atoms with van der Waals surface area (Å²) in [4.78, 5) is 4.17. The summed E-state index contributed by atoms with van der Waals surface area (Å²) in [6, 6.07) is 0. The highest BCUT2D eigenvalue weighted by atomic mass is 15.0. The lowest BCUT2D eigenvalue weighted by Gasteiger charge is -1.93. The first-order valence-electron chi connectivity index (χ1n) is 4.13. The first kappa shape index (κ1) is 9.00. The molecule has 1 heterocycles. The number of aryl methyl sites for hydroxylation is 1. The zero-order chi connectivity index (χ0) is 8.81. The Kier molecular flexibility index (Phi) is 3.54. The van der Waals surface area contributed by atoms with Crippen LogP contribution in [0.3, 0.4) is 0 Å². The van der Waals surface area contributed by atoms with E-state index < -0.39 is 0 Å². The van der Waals surface area contributed by atoms with Gasteiger partial charge in [0.05, 0.1) is 0 Å². The zero-order valence-electron chi connectivity index (χ0n) is 7.62. The van der Waals surface area contributed by atoms with Crippen molar-refractivity contribution in [2.24, 2.45) is 7.05 Å². The van der Waals surface area contributed by atoms with Crippen LogP contribution >= 0.6 is 0 Å². The summed E-state index contributed by atoms with van der Waals surface area (Å²) in [5, 5.41) is 3.08. The van der Waals surface area contributed by atoms with Crippen molar-refractivity contribution < 1.29 is 0 Å². The van der Waals surface area contributed by atoms with Crippen LogP contribution < -0.4 is 5.32 Å². The van der Waals surface area contributed by atoms with Gasteiger partial charge in [-0.15, -0.1) is 0 Å². The van der Waals surface area contributed by atoms with Crippen molar-refractivity contribution in [3.8, 4) is 0 Å². The lowest BCUT2D eigenvalue weighted by atomic mass is 10.3. The van der Waals surface area contributed by atoms with Crippen LogP contribution in [0.1, 0.15) is 12.2 Å². The predicted molar refractivity (Wildman–Crippen MR) is 50.8 cm³/mol. The van der Waals surface area contributed by atoms with Crippen LogP contribution in [0, 0.1) is 0 Å². The Morgan fingerprint density at radius 2 is 2.50 bits per heavy atom. The topological polar surface area (TPSA) is 29.9 Å². The quantitative estimate of drug-likeness (QED) is 0.676. The van der Waals surface area contributed by atoms with E-state index in [9.17, 15) is 0 Å². The number of nitrogens with one attached hydrogen (secondary N) is 1. The molecule has 0 atom stereocenters. The summed E-state index contributed by atoms with van der Waals surface area (Å²) in [5.41, 5.74) is 0. The Bertz CT molecular complexity index is 250. The number of rotatable bonds is 4. The van der Waals surface area contributed by atoms with Gasteiger partial charge in [-0.1, -0.05) is 6.08 Å². The molecule has 0 aromatic carbocycles. The molecule has 0 saturated heterocycles. The van der Waals surface area contributed by atoms with Gasteiger partial charge in [-0.25, -0.2) is 4.98 Å². The fourth-order valence-corrected chi connectivity index (χ4v) is 0.954. The molecular weight excluding hydrogens is 150 g/mol. The second-order valence-corrected chi connectivity index (χ2v) is 2.69. The molecule has 0 saturated carbocycles. The molecule has 3 nitrogen and oxygen atoms in total.